The molecule has 19 heteroatoms. The molecule has 384 valence electrons. The normalized spacial score (nSPS) is 16.7. The standard InChI is InChI=1S/C29H38N6O3.C25H28N6O3S/c1-30-25(36)11-5-3-4-10-23(34-28(37)29-12-15-35(16-13-29)17-14-29)26-31-19-24(32-26)21-18-20-8-6-7-9-22(20)33-27(21)38-2;1-26-22(32)11-5-3-4-10-19(30-24(33)21-14-27-15-35-21)23-28-13-20(29-23)17-12-16-8-6-7-9-18(16)31-25(17)34-2/h6-9,18-19,23H,3-5,10-17H2,1-2H3,(H,30,36)(H,31,32)(H,34,37);6-9,12-15,19H,3-5,10-11H2,1-2H3,(H,26,32)(H,28,29)(H,30,33)/t23-;19-/m00/s1. The second-order valence-electron chi connectivity index (χ2n) is 18.7. The number of para-hydroxylation sites is 2. The Hall–Kier alpha value is -7.25. The van der Waals surface area contributed by atoms with Crippen LogP contribution in [0.2, 0.25) is 0 Å². The number of hydrogen-bond acceptors (Lipinski definition) is 13. The van der Waals surface area contributed by atoms with Crippen molar-refractivity contribution in [2.24, 2.45) is 5.41 Å². The Labute approximate surface area is 429 Å². The number of benzene rings is 2. The number of aromatic nitrogens is 7. The number of piperidine rings is 3. The first kappa shape index (κ1) is 52.1. The van der Waals surface area contributed by atoms with E-state index < -0.39 is 0 Å². The minimum atomic E-state index is -0.322. The molecular formula is C54H66N12O6S. The molecule has 0 unspecified atom stereocenters. The summed E-state index contributed by atoms with van der Waals surface area (Å²) in [6, 6.07) is 19.3. The van der Waals surface area contributed by atoms with E-state index in [2.05, 4.69) is 62.1 Å². The molecule has 0 radical (unpaired) electrons. The van der Waals surface area contributed by atoms with Gasteiger partial charge in [-0.25, -0.2) is 19.9 Å². The first-order valence-corrected chi connectivity index (χ1v) is 26.1. The van der Waals surface area contributed by atoms with Gasteiger partial charge in [-0.1, -0.05) is 62.1 Å². The predicted molar refractivity (Wildman–Crippen MR) is 282 cm³/mol. The van der Waals surface area contributed by atoms with Crippen LogP contribution in [-0.4, -0.2) is 111 Å². The summed E-state index contributed by atoms with van der Waals surface area (Å²) < 4.78 is 11.2. The Balaban J connectivity index is 0.000000196. The molecule has 0 saturated carbocycles. The Morgan fingerprint density at radius 3 is 1.63 bits per heavy atom. The number of aromatic amines is 2. The van der Waals surface area contributed by atoms with Gasteiger partial charge < -0.3 is 45.6 Å². The quantitative estimate of drug-likeness (QED) is 0.0353. The number of imidazole rings is 2. The third kappa shape index (κ3) is 13.1. The Kier molecular flexibility index (Phi) is 17.8. The lowest BCUT2D eigenvalue weighted by Gasteiger charge is -2.47. The van der Waals surface area contributed by atoms with Crippen LogP contribution in [0.15, 0.2) is 84.8 Å². The zero-order chi connectivity index (χ0) is 51.2. The van der Waals surface area contributed by atoms with Crippen molar-refractivity contribution in [2.75, 3.05) is 47.9 Å². The van der Waals surface area contributed by atoms with Crippen molar-refractivity contribution in [3.8, 4) is 34.3 Å². The number of carbonyl (C=O) groups is 4. The van der Waals surface area contributed by atoms with E-state index in [4.69, 9.17) is 14.5 Å². The van der Waals surface area contributed by atoms with Gasteiger partial charge in [-0.05, 0) is 88.8 Å². The van der Waals surface area contributed by atoms with Crippen LogP contribution in [0.3, 0.4) is 0 Å². The minimum Gasteiger partial charge on any atom is -0.480 e. The van der Waals surface area contributed by atoms with Gasteiger partial charge in [0, 0.05) is 37.7 Å². The fourth-order valence-corrected chi connectivity index (χ4v) is 10.2. The molecule has 0 spiro atoms. The summed E-state index contributed by atoms with van der Waals surface area (Å²) in [5, 5.41) is 13.8. The smallest absolute Gasteiger partial charge is 0.263 e. The highest BCUT2D eigenvalue weighted by Crippen LogP contribution is 2.41. The first-order valence-electron chi connectivity index (χ1n) is 25.2. The molecule has 3 saturated heterocycles. The van der Waals surface area contributed by atoms with Gasteiger partial charge in [-0.2, -0.15) is 0 Å². The van der Waals surface area contributed by atoms with E-state index in [0.29, 0.717) is 41.7 Å². The molecule has 73 heavy (non-hydrogen) atoms. The van der Waals surface area contributed by atoms with Crippen molar-refractivity contribution in [3.05, 3.63) is 101 Å². The Bertz CT molecular complexity index is 2950. The molecule has 6 N–H and O–H groups in total. The maximum absolute atomic E-state index is 13.6. The van der Waals surface area contributed by atoms with Crippen molar-refractivity contribution >= 4 is 56.8 Å². The van der Waals surface area contributed by atoms with Crippen molar-refractivity contribution in [2.45, 2.75) is 95.6 Å². The number of ether oxygens (including phenoxy) is 2. The molecule has 10 rings (SSSR count). The number of nitrogens with one attached hydrogen (secondary N) is 6. The van der Waals surface area contributed by atoms with Gasteiger partial charge in [-0.15, -0.1) is 11.3 Å². The molecule has 2 aromatic carbocycles. The first-order chi connectivity index (χ1) is 35.6. The molecule has 3 aliphatic heterocycles. The van der Waals surface area contributed by atoms with Crippen molar-refractivity contribution in [1.82, 2.24) is 61.1 Å². The maximum Gasteiger partial charge on any atom is 0.263 e. The highest BCUT2D eigenvalue weighted by atomic mass is 32.1. The molecular weight excluding hydrogens is 945 g/mol. The molecule has 4 amide bonds. The molecule has 3 aliphatic rings. The van der Waals surface area contributed by atoms with Crippen LogP contribution in [0.5, 0.6) is 11.8 Å². The molecule has 2 atom stereocenters. The average Bonchev–Trinajstić information content (AvgIpc) is 4.26. The highest BCUT2D eigenvalue weighted by Gasteiger charge is 2.45. The van der Waals surface area contributed by atoms with Gasteiger partial charge in [0.05, 0.1) is 89.4 Å². The van der Waals surface area contributed by atoms with E-state index in [-0.39, 0.29) is 41.1 Å². The van der Waals surface area contributed by atoms with Crippen LogP contribution in [0, 0.1) is 5.41 Å². The maximum atomic E-state index is 13.6. The number of pyridine rings is 2. The number of rotatable bonds is 22. The lowest BCUT2D eigenvalue weighted by atomic mass is 9.71. The zero-order valence-electron chi connectivity index (χ0n) is 42.1. The zero-order valence-corrected chi connectivity index (χ0v) is 42.9. The third-order valence-electron chi connectivity index (χ3n) is 14.0. The molecule has 18 nitrogen and oxygen atoms in total. The van der Waals surface area contributed by atoms with Gasteiger partial charge in [0.25, 0.3) is 5.91 Å². The van der Waals surface area contributed by atoms with E-state index in [0.717, 1.165) is 134 Å². The summed E-state index contributed by atoms with van der Waals surface area (Å²) >= 11 is 1.29. The van der Waals surface area contributed by atoms with Gasteiger partial charge in [0.15, 0.2) is 0 Å². The summed E-state index contributed by atoms with van der Waals surface area (Å²) in [5.74, 6) is 2.47. The summed E-state index contributed by atoms with van der Waals surface area (Å²) in [5.41, 5.74) is 6.26. The van der Waals surface area contributed by atoms with Crippen LogP contribution < -0.4 is 30.7 Å². The third-order valence-corrected chi connectivity index (χ3v) is 14.8. The van der Waals surface area contributed by atoms with Crippen molar-refractivity contribution in [3.63, 3.8) is 0 Å². The minimum absolute atomic E-state index is 0.0358. The van der Waals surface area contributed by atoms with Gasteiger partial charge in [0.1, 0.15) is 16.5 Å². The average molecular weight is 1010 g/mol. The summed E-state index contributed by atoms with van der Waals surface area (Å²) in [4.78, 5) is 81.9. The topological polar surface area (TPSA) is 234 Å². The van der Waals surface area contributed by atoms with E-state index >= 15 is 0 Å². The molecule has 2 bridgehead atoms. The fourth-order valence-electron chi connectivity index (χ4n) is 9.66. The Morgan fingerprint density at radius 1 is 0.671 bits per heavy atom. The van der Waals surface area contributed by atoms with Gasteiger partial charge in [-0.3, -0.25) is 24.2 Å². The summed E-state index contributed by atoms with van der Waals surface area (Å²) in [6.45, 7) is 2.99. The number of methoxy groups -OCH3 is 2. The van der Waals surface area contributed by atoms with Crippen LogP contribution in [0.25, 0.3) is 44.3 Å². The molecule has 3 fully saturated rings. The van der Waals surface area contributed by atoms with Crippen molar-refractivity contribution in [1.29, 1.82) is 0 Å². The summed E-state index contributed by atoms with van der Waals surface area (Å²) in [7, 11) is 6.52. The molecule has 7 aromatic rings. The van der Waals surface area contributed by atoms with E-state index in [1.54, 1.807) is 52.4 Å². The van der Waals surface area contributed by atoms with Gasteiger partial charge >= 0.3 is 0 Å². The number of unbranched alkanes of at least 4 members (excludes halogenated alkanes) is 4. The lowest BCUT2D eigenvalue weighted by molar-refractivity contribution is -0.139. The fraction of sp³-hybridized carbons (Fsp3) is 0.426. The number of amides is 4. The Morgan fingerprint density at radius 2 is 1.16 bits per heavy atom. The van der Waals surface area contributed by atoms with Crippen LogP contribution in [0.4, 0.5) is 0 Å². The number of H-pyrrole nitrogens is 2. The van der Waals surface area contributed by atoms with Crippen LogP contribution in [0.1, 0.15) is 117 Å². The number of fused-ring (bicyclic) bond motifs is 5. The molecule has 8 heterocycles. The highest BCUT2D eigenvalue weighted by molar-refractivity contribution is 7.11. The molecule has 5 aromatic heterocycles. The van der Waals surface area contributed by atoms with Crippen molar-refractivity contribution < 1.29 is 28.7 Å². The van der Waals surface area contributed by atoms with Gasteiger partial charge in [0.2, 0.25) is 29.5 Å². The van der Waals surface area contributed by atoms with E-state index in [1.807, 2.05) is 54.6 Å². The second-order valence-corrected chi connectivity index (χ2v) is 19.6. The summed E-state index contributed by atoms with van der Waals surface area (Å²) in [6.07, 6.45) is 15.4. The second kappa shape index (κ2) is 24.9. The number of hydrogen-bond donors (Lipinski definition) is 6. The predicted octanol–water partition coefficient (Wildman–Crippen LogP) is 8.23. The SMILES string of the molecule is CNC(=O)CCCCC[C@H](NC(=O)C12CCN(CC1)CC2)c1ncc(-c2cc3ccccc3nc2OC)[nH]1.CNC(=O)CCCCC[C@H](NC(=O)c1cncs1)c1ncc(-c2cc3ccccc3nc2OC)[nH]1. The van der Waals surface area contributed by atoms with Crippen LogP contribution >= 0.6 is 11.3 Å². The molecule has 0 aliphatic carbocycles. The largest absolute Gasteiger partial charge is 0.480 e. The number of carbonyl (C=O) groups excluding carboxylic acids is 4. The number of thiazole rings is 1. The van der Waals surface area contributed by atoms with Crippen LogP contribution in [-0.2, 0) is 14.4 Å². The lowest BCUT2D eigenvalue weighted by Crippen LogP contribution is -2.55. The van der Waals surface area contributed by atoms with E-state index in [1.165, 1.54) is 11.3 Å². The van der Waals surface area contributed by atoms with E-state index in [9.17, 15) is 19.2 Å². The monoisotopic (exact) mass is 1010 g/mol. The number of nitrogens with zero attached hydrogens (tertiary/aromatic N) is 6.